The van der Waals surface area contributed by atoms with Crippen LogP contribution in [0.15, 0.2) is 18.3 Å². The van der Waals surface area contributed by atoms with Crippen LogP contribution in [-0.4, -0.2) is 48.0 Å². The number of hydrogen-bond acceptors (Lipinski definition) is 3. The lowest BCUT2D eigenvalue weighted by molar-refractivity contribution is -0.0485. The fraction of sp³-hybridized carbons (Fsp3) is 0.615. The van der Waals surface area contributed by atoms with Crippen LogP contribution in [0.4, 0.5) is 0 Å². The number of H-pyrrole nitrogens is 1. The molecule has 1 fully saturated rings. The summed E-state index contributed by atoms with van der Waals surface area (Å²) in [5.74, 6) is 0.148. The summed E-state index contributed by atoms with van der Waals surface area (Å²) in [6.45, 7) is 4.39. The zero-order chi connectivity index (χ0) is 12.3. The number of Topliss-reactive ketones (excluding diaryl/α,β-unsaturated/α-hetero) is 1. The van der Waals surface area contributed by atoms with Crippen molar-refractivity contribution in [2.24, 2.45) is 0 Å². The van der Waals surface area contributed by atoms with E-state index in [0.29, 0.717) is 12.2 Å². The third kappa shape index (κ3) is 2.96. The van der Waals surface area contributed by atoms with Crippen LogP contribution in [0, 0.1) is 0 Å². The standard InChI is InChI=1S/C13H20N2O2/c1-13(17-2)6-4-8-15(10-13)9-12(16)11-5-3-7-14-11/h3,5,7,14H,4,6,8-10H2,1-2H3. The van der Waals surface area contributed by atoms with Gasteiger partial charge in [-0.25, -0.2) is 0 Å². The largest absolute Gasteiger partial charge is 0.377 e. The maximum Gasteiger partial charge on any atom is 0.192 e. The van der Waals surface area contributed by atoms with Gasteiger partial charge in [0.2, 0.25) is 0 Å². The van der Waals surface area contributed by atoms with Crippen molar-refractivity contribution in [2.75, 3.05) is 26.7 Å². The van der Waals surface area contributed by atoms with Gasteiger partial charge in [-0.1, -0.05) is 0 Å². The van der Waals surface area contributed by atoms with E-state index in [2.05, 4.69) is 16.8 Å². The van der Waals surface area contributed by atoms with E-state index in [0.717, 1.165) is 25.9 Å². The SMILES string of the molecule is COC1(C)CCCN(CC(=O)c2ccc[nH]2)C1. The van der Waals surface area contributed by atoms with Gasteiger partial charge in [0.15, 0.2) is 5.78 Å². The molecule has 4 nitrogen and oxygen atoms in total. The highest BCUT2D eigenvalue weighted by Gasteiger charge is 2.31. The highest BCUT2D eigenvalue weighted by atomic mass is 16.5. The molecule has 1 aromatic heterocycles. The van der Waals surface area contributed by atoms with Crippen LogP contribution in [-0.2, 0) is 4.74 Å². The van der Waals surface area contributed by atoms with E-state index in [9.17, 15) is 4.79 Å². The molecule has 17 heavy (non-hydrogen) atoms. The Kier molecular flexibility index (Phi) is 3.64. The first-order valence-electron chi connectivity index (χ1n) is 6.07. The Labute approximate surface area is 102 Å². The Morgan fingerprint density at radius 2 is 2.47 bits per heavy atom. The number of hydrogen-bond donors (Lipinski definition) is 1. The minimum Gasteiger partial charge on any atom is -0.377 e. The summed E-state index contributed by atoms with van der Waals surface area (Å²) in [5, 5.41) is 0. The number of likely N-dealkylation sites (tertiary alicyclic amines) is 1. The van der Waals surface area contributed by atoms with Crippen molar-refractivity contribution in [2.45, 2.75) is 25.4 Å². The topological polar surface area (TPSA) is 45.3 Å². The Bertz CT molecular complexity index is 375. The first kappa shape index (κ1) is 12.3. The lowest BCUT2D eigenvalue weighted by Crippen LogP contribution is -2.48. The van der Waals surface area contributed by atoms with Gasteiger partial charge in [0, 0.05) is 19.9 Å². The van der Waals surface area contributed by atoms with Gasteiger partial charge < -0.3 is 9.72 Å². The molecule has 1 unspecified atom stereocenters. The van der Waals surface area contributed by atoms with E-state index in [4.69, 9.17) is 4.74 Å². The fourth-order valence-electron chi connectivity index (χ4n) is 2.40. The molecule has 1 aliphatic rings. The van der Waals surface area contributed by atoms with Crippen molar-refractivity contribution >= 4 is 5.78 Å². The molecule has 2 rings (SSSR count). The molecule has 0 aliphatic carbocycles. The van der Waals surface area contributed by atoms with Crippen molar-refractivity contribution < 1.29 is 9.53 Å². The quantitative estimate of drug-likeness (QED) is 0.809. The third-order valence-electron chi connectivity index (χ3n) is 3.50. The smallest absolute Gasteiger partial charge is 0.192 e. The average molecular weight is 236 g/mol. The van der Waals surface area contributed by atoms with Crippen LogP contribution in [0.3, 0.4) is 0 Å². The van der Waals surface area contributed by atoms with E-state index < -0.39 is 0 Å². The van der Waals surface area contributed by atoms with Gasteiger partial charge in [-0.2, -0.15) is 0 Å². The molecule has 0 amide bonds. The van der Waals surface area contributed by atoms with Gasteiger partial charge in [-0.05, 0) is 38.4 Å². The molecule has 1 N–H and O–H groups in total. The van der Waals surface area contributed by atoms with Crippen molar-refractivity contribution in [1.29, 1.82) is 0 Å². The highest BCUT2D eigenvalue weighted by Crippen LogP contribution is 2.23. The number of carbonyl (C=O) groups excluding carboxylic acids is 1. The van der Waals surface area contributed by atoms with E-state index >= 15 is 0 Å². The molecule has 0 aromatic carbocycles. The van der Waals surface area contributed by atoms with Gasteiger partial charge in [-0.15, -0.1) is 0 Å². The molecule has 1 aromatic rings. The first-order valence-corrected chi connectivity index (χ1v) is 6.07. The molecule has 2 heterocycles. The molecular formula is C13H20N2O2. The summed E-state index contributed by atoms with van der Waals surface area (Å²) < 4.78 is 5.52. The molecule has 94 valence electrons. The van der Waals surface area contributed by atoms with Gasteiger partial charge >= 0.3 is 0 Å². The van der Waals surface area contributed by atoms with Gasteiger partial charge in [0.25, 0.3) is 0 Å². The molecule has 1 atom stereocenters. The lowest BCUT2D eigenvalue weighted by Gasteiger charge is -2.39. The number of ketones is 1. The number of carbonyl (C=O) groups is 1. The van der Waals surface area contributed by atoms with Crippen LogP contribution < -0.4 is 0 Å². The zero-order valence-electron chi connectivity index (χ0n) is 10.5. The molecular weight excluding hydrogens is 216 g/mol. The number of methoxy groups -OCH3 is 1. The number of piperidine rings is 1. The average Bonchev–Trinajstić information content (AvgIpc) is 2.82. The van der Waals surface area contributed by atoms with Gasteiger partial charge in [0.05, 0.1) is 17.8 Å². The number of aromatic amines is 1. The molecule has 0 spiro atoms. The van der Waals surface area contributed by atoms with Gasteiger partial charge in [-0.3, -0.25) is 9.69 Å². The second-order valence-corrected chi connectivity index (χ2v) is 4.98. The predicted molar refractivity (Wildman–Crippen MR) is 66.2 cm³/mol. The molecule has 1 saturated heterocycles. The van der Waals surface area contributed by atoms with Crippen LogP contribution >= 0.6 is 0 Å². The molecule has 0 bridgehead atoms. The summed E-state index contributed by atoms with van der Waals surface area (Å²) in [5.41, 5.74) is 0.587. The number of aromatic nitrogens is 1. The van der Waals surface area contributed by atoms with E-state index in [1.165, 1.54) is 0 Å². The Hall–Kier alpha value is -1.13. The molecule has 0 saturated carbocycles. The van der Waals surface area contributed by atoms with E-state index in [-0.39, 0.29) is 11.4 Å². The summed E-state index contributed by atoms with van der Waals surface area (Å²) in [7, 11) is 1.75. The van der Waals surface area contributed by atoms with Gasteiger partial charge in [0.1, 0.15) is 0 Å². The highest BCUT2D eigenvalue weighted by molar-refractivity contribution is 5.95. The molecule has 0 radical (unpaired) electrons. The second-order valence-electron chi connectivity index (χ2n) is 4.98. The lowest BCUT2D eigenvalue weighted by atomic mass is 9.94. The second kappa shape index (κ2) is 5.02. The van der Waals surface area contributed by atoms with Crippen LogP contribution in [0.5, 0.6) is 0 Å². The summed E-state index contributed by atoms with van der Waals surface area (Å²) in [6.07, 6.45) is 3.93. The van der Waals surface area contributed by atoms with Crippen LogP contribution in [0.25, 0.3) is 0 Å². The maximum atomic E-state index is 12.0. The summed E-state index contributed by atoms with van der Waals surface area (Å²) in [6, 6.07) is 3.67. The zero-order valence-corrected chi connectivity index (χ0v) is 10.5. The van der Waals surface area contributed by atoms with Crippen LogP contribution in [0.2, 0.25) is 0 Å². The molecule has 1 aliphatic heterocycles. The number of nitrogens with one attached hydrogen (secondary N) is 1. The number of rotatable bonds is 4. The summed E-state index contributed by atoms with van der Waals surface area (Å²) in [4.78, 5) is 17.1. The normalized spacial score (nSPS) is 26.0. The monoisotopic (exact) mass is 236 g/mol. The van der Waals surface area contributed by atoms with Crippen LogP contribution in [0.1, 0.15) is 30.3 Å². The maximum absolute atomic E-state index is 12.0. The van der Waals surface area contributed by atoms with Crippen molar-refractivity contribution in [3.05, 3.63) is 24.0 Å². The molecule has 4 heteroatoms. The summed E-state index contributed by atoms with van der Waals surface area (Å²) >= 11 is 0. The Balaban J connectivity index is 1.93. The van der Waals surface area contributed by atoms with Crippen molar-refractivity contribution in [3.8, 4) is 0 Å². The Morgan fingerprint density at radius 3 is 3.12 bits per heavy atom. The van der Waals surface area contributed by atoms with Crippen molar-refractivity contribution in [1.82, 2.24) is 9.88 Å². The van der Waals surface area contributed by atoms with E-state index in [1.807, 2.05) is 12.1 Å². The fourth-order valence-corrected chi connectivity index (χ4v) is 2.40. The minimum absolute atomic E-state index is 0.103. The minimum atomic E-state index is -0.103. The third-order valence-corrected chi connectivity index (χ3v) is 3.50. The van der Waals surface area contributed by atoms with E-state index in [1.54, 1.807) is 13.3 Å². The van der Waals surface area contributed by atoms with Crippen molar-refractivity contribution in [3.63, 3.8) is 0 Å². The predicted octanol–water partition coefficient (Wildman–Crippen LogP) is 1.70. The first-order chi connectivity index (χ1) is 8.13. The number of ether oxygens (including phenoxy) is 1. The Morgan fingerprint density at radius 1 is 1.65 bits per heavy atom. The number of nitrogens with zero attached hydrogens (tertiary/aromatic N) is 1.